The summed E-state index contributed by atoms with van der Waals surface area (Å²) in [7, 11) is 1.61. The summed E-state index contributed by atoms with van der Waals surface area (Å²) in [4.78, 5) is 25.1. The predicted octanol–water partition coefficient (Wildman–Crippen LogP) is 1.57. The molecule has 20 heavy (non-hydrogen) atoms. The van der Waals surface area contributed by atoms with Crippen LogP contribution in [-0.2, 0) is 9.59 Å². The van der Waals surface area contributed by atoms with E-state index in [9.17, 15) is 9.59 Å². The van der Waals surface area contributed by atoms with Gasteiger partial charge in [0.15, 0.2) is 0 Å². The molecule has 2 rings (SSSR count). The zero-order valence-corrected chi connectivity index (χ0v) is 11.9. The summed E-state index contributed by atoms with van der Waals surface area (Å²) >= 11 is 0. The summed E-state index contributed by atoms with van der Waals surface area (Å²) < 4.78 is 5.11. The van der Waals surface area contributed by atoms with Crippen LogP contribution in [0.3, 0.4) is 0 Å². The maximum atomic E-state index is 12.0. The highest BCUT2D eigenvalue weighted by molar-refractivity contribution is 5.95. The van der Waals surface area contributed by atoms with Crippen LogP contribution in [0.15, 0.2) is 24.3 Å². The highest BCUT2D eigenvalue weighted by Crippen LogP contribution is 2.26. The second-order valence-corrected chi connectivity index (χ2v) is 4.93. The molecule has 1 atom stereocenters. The van der Waals surface area contributed by atoms with E-state index in [1.54, 1.807) is 12.0 Å². The minimum absolute atomic E-state index is 0.0281. The van der Waals surface area contributed by atoms with Crippen LogP contribution in [0.2, 0.25) is 0 Å². The first-order valence-electron chi connectivity index (χ1n) is 6.85. The van der Waals surface area contributed by atoms with Gasteiger partial charge < -0.3 is 15.0 Å². The third kappa shape index (κ3) is 3.29. The highest BCUT2D eigenvalue weighted by atomic mass is 16.5. The monoisotopic (exact) mass is 276 g/mol. The van der Waals surface area contributed by atoms with Crippen LogP contribution in [0.1, 0.15) is 19.8 Å². The average molecular weight is 276 g/mol. The number of nitrogens with zero attached hydrogens (tertiary/aromatic N) is 1. The van der Waals surface area contributed by atoms with Crippen LogP contribution in [-0.4, -0.2) is 32.0 Å². The van der Waals surface area contributed by atoms with E-state index in [1.165, 1.54) is 0 Å². The standard InChI is InChI=1S/C15H20N2O3/c1-3-14(18)16-9-11-8-15(19)17(10-11)12-4-6-13(20-2)7-5-12/h4-7,11H,3,8-10H2,1-2H3,(H,16,18)/t11-/m1/s1. The Hall–Kier alpha value is -2.04. The molecule has 0 aromatic heterocycles. The van der Waals surface area contributed by atoms with Crippen LogP contribution in [0, 0.1) is 5.92 Å². The molecule has 0 bridgehead atoms. The molecule has 2 amide bonds. The van der Waals surface area contributed by atoms with E-state index in [4.69, 9.17) is 4.74 Å². The Morgan fingerprint density at radius 2 is 2.10 bits per heavy atom. The van der Waals surface area contributed by atoms with Crippen molar-refractivity contribution in [2.75, 3.05) is 25.1 Å². The lowest BCUT2D eigenvalue weighted by molar-refractivity contribution is -0.121. The maximum absolute atomic E-state index is 12.0. The van der Waals surface area contributed by atoms with E-state index in [-0.39, 0.29) is 17.7 Å². The van der Waals surface area contributed by atoms with Gasteiger partial charge in [-0.25, -0.2) is 0 Å². The fourth-order valence-electron chi connectivity index (χ4n) is 2.31. The Kier molecular flexibility index (Phi) is 4.61. The fourth-order valence-corrected chi connectivity index (χ4v) is 2.31. The van der Waals surface area contributed by atoms with Crippen LogP contribution in [0.4, 0.5) is 5.69 Å². The van der Waals surface area contributed by atoms with E-state index >= 15 is 0 Å². The second-order valence-electron chi connectivity index (χ2n) is 4.93. The molecule has 1 aromatic rings. The quantitative estimate of drug-likeness (QED) is 0.888. The first kappa shape index (κ1) is 14.4. The third-order valence-corrected chi connectivity index (χ3v) is 3.50. The van der Waals surface area contributed by atoms with Crippen molar-refractivity contribution in [1.29, 1.82) is 0 Å². The smallest absolute Gasteiger partial charge is 0.227 e. The minimum atomic E-state index is 0.0281. The number of benzene rings is 1. The van der Waals surface area contributed by atoms with E-state index in [0.717, 1.165) is 11.4 Å². The van der Waals surface area contributed by atoms with E-state index < -0.39 is 0 Å². The van der Waals surface area contributed by atoms with Crippen molar-refractivity contribution in [2.24, 2.45) is 5.92 Å². The van der Waals surface area contributed by atoms with Gasteiger partial charge in [0.2, 0.25) is 11.8 Å². The average Bonchev–Trinajstić information content (AvgIpc) is 2.86. The normalized spacial score (nSPS) is 18.2. The summed E-state index contributed by atoms with van der Waals surface area (Å²) in [5, 5.41) is 2.85. The minimum Gasteiger partial charge on any atom is -0.497 e. The number of rotatable bonds is 5. The van der Waals surface area contributed by atoms with Gasteiger partial charge in [-0.05, 0) is 24.3 Å². The van der Waals surface area contributed by atoms with Crippen molar-refractivity contribution in [1.82, 2.24) is 5.32 Å². The second kappa shape index (κ2) is 6.41. The lowest BCUT2D eigenvalue weighted by Crippen LogP contribution is -2.30. The number of nitrogens with one attached hydrogen (secondary N) is 1. The Balaban J connectivity index is 1.96. The number of hydrogen-bond donors (Lipinski definition) is 1. The van der Waals surface area contributed by atoms with Crippen LogP contribution in [0.5, 0.6) is 5.75 Å². The number of ether oxygens (including phenoxy) is 1. The largest absolute Gasteiger partial charge is 0.497 e. The van der Waals surface area contributed by atoms with Gasteiger partial charge in [-0.3, -0.25) is 9.59 Å². The first-order chi connectivity index (χ1) is 9.63. The summed E-state index contributed by atoms with van der Waals surface area (Å²) in [5.74, 6) is 1.08. The molecule has 5 heteroatoms. The van der Waals surface area contributed by atoms with Crippen molar-refractivity contribution in [3.05, 3.63) is 24.3 Å². The lowest BCUT2D eigenvalue weighted by atomic mass is 10.1. The molecule has 1 saturated heterocycles. The van der Waals surface area contributed by atoms with Gasteiger partial charge in [-0.15, -0.1) is 0 Å². The van der Waals surface area contributed by atoms with Gasteiger partial charge >= 0.3 is 0 Å². The Morgan fingerprint density at radius 1 is 1.40 bits per heavy atom. The lowest BCUT2D eigenvalue weighted by Gasteiger charge is -2.17. The van der Waals surface area contributed by atoms with Crippen molar-refractivity contribution >= 4 is 17.5 Å². The van der Waals surface area contributed by atoms with Gasteiger partial charge in [0, 0.05) is 37.5 Å². The summed E-state index contributed by atoms with van der Waals surface area (Å²) in [6.07, 6.45) is 0.957. The van der Waals surface area contributed by atoms with Crippen LogP contribution >= 0.6 is 0 Å². The Morgan fingerprint density at radius 3 is 2.70 bits per heavy atom. The van der Waals surface area contributed by atoms with Crippen LogP contribution in [0.25, 0.3) is 0 Å². The van der Waals surface area contributed by atoms with Crippen molar-refractivity contribution < 1.29 is 14.3 Å². The number of carbonyl (C=O) groups is 2. The molecule has 5 nitrogen and oxygen atoms in total. The maximum Gasteiger partial charge on any atom is 0.227 e. The van der Waals surface area contributed by atoms with Gasteiger partial charge in [0.1, 0.15) is 5.75 Å². The summed E-state index contributed by atoms with van der Waals surface area (Å²) in [6, 6.07) is 7.44. The molecule has 1 fully saturated rings. The van der Waals surface area contributed by atoms with Crippen molar-refractivity contribution in [3.8, 4) is 5.75 Å². The van der Waals surface area contributed by atoms with Crippen molar-refractivity contribution in [3.63, 3.8) is 0 Å². The number of methoxy groups -OCH3 is 1. The molecule has 1 heterocycles. The molecule has 1 aromatic carbocycles. The number of amides is 2. The Labute approximate surface area is 118 Å². The molecule has 1 aliphatic rings. The van der Waals surface area contributed by atoms with E-state index in [2.05, 4.69) is 5.32 Å². The third-order valence-electron chi connectivity index (χ3n) is 3.50. The fraction of sp³-hybridized carbons (Fsp3) is 0.467. The van der Waals surface area contributed by atoms with E-state index in [0.29, 0.717) is 25.9 Å². The number of anilines is 1. The number of carbonyl (C=O) groups excluding carboxylic acids is 2. The van der Waals surface area contributed by atoms with Gasteiger partial charge in [0.05, 0.1) is 7.11 Å². The first-order valence-corrected chi connectivity index (χ1v) is 6.85. The SMILES string of the molecule is CCC(=O)NC[C@H]1CC(=O)N(c2ccc(OC)cc2)C1. The zero-order valence-electron chi connectivity index (χ0n) is 11.9. The van der Waals surface area contributed by atoms with Crippen molar-refractivity contribution in [2.45, 2.75) is 19.8 Å². The number of hydrogen-bond acceptors (Lipinski definition) is 3. The molecule has 0 radical (unpaired) electrons. The van der Waals surface area contributed by atoms with Gasteiger partial charge in [0.25, 0.3) is 0 Å². The van der Waals surface area contributed by atoms with Crippen LogP contribution < -0.4 is 15.0 Å². The van der Waals surface area contributed by atoms with Gasteiger partial charge in [-0.2, -0.15) is 0 Å². The molecular formula is C15H20N2O3. The molecule has 1 N–H and O–H groups in total. The molecule has 0 saturated carbocycles. The van der Waals surface area contributed by atoms with Gasteiger partial charge in [-0.1, -0.05) is 6.92 Å². The Bertz CT molecular complexity index is 484. The topological polar surface area (TPSA) is 58.6 Å². The molecule has 1 aliphatic heterocycles. The zero-order chi connectivity index (χ0) is 14.5. The highest BCUT2D eigenvalue weighted by Gasteiger charge is 2.30. The molecule has 108 valence electrons. The molecule has 0 aliphatic carbocycles. The summed E-state index contributed by atoms with van der Waals surface area (Å²) in [6.45, 7) is 3.03. The molecular weight excluding hydrogens is 256 g/mol. The molecule has 0 unspecified atom stereocenters. The van der Waals surface area contributed by atoms with E-state index in [1.807, 2.05) is 31.2 Å². The summed E-state index contributed by atoms with van der Waals surface area (Å²) in [5.41, 5.74) is 0.875. The molecule has 0 spiro atoms. The predicted molar refractivity (Wildman–Crippen MR) is 76.8 cm³/mol.